The number of benzene rings is 2. The number of hydrogen-bond donors (Lipinski definition) is 0. The van der Waals surface area contributed by atoms with Crippen molar-refractivity contribution in [1.82, 2.24) is 14.5 Å². The van der Waals surface area contributed by atoms with Crippen LogP contribution in [0.15, 0.2) is 27.9 Å². The van der Waals surface area contributed by atoms with Crippen LogP contribution in [0, 0.1) is 11.6 Å². The van der Waals surface area contributed by atoms with Gasteiger partial charge in [-0.25, -0.2) is 13.6 Å². The highest BCUT2D eigenvalue weighted by molar-refractivity contribution is 7.99. The van der Waals surface area contributed by atoms with Gasteiger partial charge in [0.2, 0.25) is 0 Å². The van der Waals surface area contributed by atoms with Crippen LogP contribution in [0.25, 0.3) is 22.0 Å². The van der Waals surface area contributed by atoms with E-state index < -0.39 is 17.3 Å². The molecule has 0 unspecified atom stereocenters. The highest BCUT2D eigenvalue weighted by atomic mass is 35.5. The number of methoxy groups -OCH3 is 1. The Morgan fingerprint density at radius 2 is 1.92 bits per heavy atom. The molecule has 0 radical (unpaired) electrons. The molecule has 0 spiro atoms. The second-order valence-electron chi connectivity index (χ2n) is 9.14. The van der Waals surface area contributed by atoms with Crippen LogP contribution in [0.3, 0.4) is 0 Å². The summed E-state index contributed by atoms with van der Waals surface area (Å²) in [6.07, 6.45) is -0.267. The molecule has 36 heavy (non-hydrogen) atoms. The van der Waals surface area contributed by atoms with Gasteiger partial charge in [0, 0.05) is 66.0 Å². The fourth-order valence-corrected chi connectivity index (χ4v) is 6.91. The molecule has 6 nitrogen and oxygen atoms in total. The monoisotopic (exact) mass is 554 g/mol. The molecule has 192 valence electrons. The van der Waals surface area contributed by atoms with E-state index in [1.165, 1.54) is 17.8 Å². The lowest BCUT2D eigenvalue weighted by molar-refractivity contribution is 0.107. The average molecular weight is 555 g/mol. The molecule has 1 saturated heterocycles. The Balaban J connectivity index is 1.81. The first kappa shape index (κ1) is 25.7. The van der Waals surface area contributed by atoms with E-state index in [0.717, 1.165) is 25.7 Å². The van der Waals surface area contributed by atoms with Gasteiger partial charge in [0.05, 0.1) is 28.2 Å². The van der Waals surface area contributed by atoms with Crippen molar-refractivity contribution in [1.29, 1.82) is 0 Å². The van der Waals surface area contributed by atoms with Crippen molar-refractivity contribution in [2.24, 2.45) is 0 Å². The van der Waals surface area contributed by atoms with Gasteiger partial charge < -0.3 is 9.64 Å². The van der Waals surface area contributed by atoms with Crippen LogP contribution in [-0.4, -0.2) is 65.6 Å². The number of anilines is 1. The van der Waals surface area contributed by atoms with Crippen LogP contribution in [0.2, 0.25) is 10.0 Å². The molecule has 0 N–H and O–H groups in total. The van der Waals surface area contributed by atoms with Crippen molar-refractivity contribution in [3.05, 3.63) is 50.4 Å². The minimum absolute atomic E-state index is 0.0777. The molecule has 0 aliphatic carbocycles. The second-order valence-corrected chi connectivity index (χ2v) is 11.0. The number of hydrogen-bond acceptors (Lipinski definition) is 6. The van der Waals surface area contributed by atoms with Gasteiger partial charge in [0.1, 0.15) is 17.5 Å². The van der Waals surface area contributed by atoms with Crippen LogP contribution in [0.1, 0.15) is 13.8 Å². The van der Waals surface area contributed by atoms with Crippen LogP contribution >= 0.6 is 35.0 Å². The number of rotatable bonds is 4. The molecule has 3 heterocycles. The van der Waals surface area contributed by atoms with Gasteiger partial charge in [-0.15, -0.1) is 11.8 Å². The minimum atomic E-state index is -0.851. The lowest BCUT2D eigenvalue weighted by atomic mass is 10.0. The summed E-state index contributed by atoms with van der Waals surface area (Å²) >= 11 is 14.3. The molecule has 0 bridgehead atoms. The smallest absolute Gasteiger partial charge is 0.350 e. The fourth-order valence-electron chi connectivity index (χ4n) is 5.07. The standard InChI is InChI=1S/C25H26Cl2F2N4O2S/c1-4-31-5-6-32(13(2)10-31)24-16-8-18(27)21(15-7-17(26)20(29)9-19(15)28)23-22(16)33(25(34)30-24)11-14(35-3)12-36-23/h7-9,13-14H,4-6,10-12H2,1-3H3/t13-,14+/m0/s1. The van der Waals surface area contributed by atoms with E-state index in [-0.39, 0.29) is 27.8 Å². The van der Waals surface area contributed by atoms with Gasteiger partial charge in [-0.2, -0.15) is 4.98 Å². The molecule has 2 aliphatic heterocycles. The fraction of sp³-hybridized carbons (Fsp3) is 0.440. The zero-order chi connectivity index (χ0) is 25.7. The predicted molar refractivity (Wildman–Crippen MR) is 142 cm³/mol. The SMILES string of the molecule is CCN1CCN(c2nc(=O)n3c4c(c(-c5cc(Cl)c(F)cc5F)c(Cl)cc24)SC[C@H](OC)C3)[C@@H](C)C1. The molecule has 0 amide bonds. The quantitative estimate of drug-likeness (QED) is 0.408. The van der Waals surface area contributed by atoms with Gasteiger partial charge in [-0.1, -0.05) is 30.1 Å². The number of halogens is 4. The van der Waals surface area contributed by atoms with E-state index >= 15 is 4.39 Å². The van der Waals surface area contributed by atoms with Crippen LogP contribution in [0.4, 0.5) is 14.6 Å². The maximum absolute atomic E-state index is 15.1. The highest BCUT2D eigenvalue weighted by Gasteiger charge is 2.31. The summed E-state index contributed by atoms with van der Waals surface area (Å²) in [5.41, 5.74) is 0.673. The zero-order valence-electron chi connectivity index (χ0n) is 20.2. The predicted octanol–water partition coefficient (Wildman–Crippen LogP) is 5.30. The van der Waals surface area contributed by atoms with Crippen LogP contribution < -0.4 is 10.6 Å². The molecule has 2 aliphatic rings. The molecule has 3 aromatic rings. The van der Waals surface area contributed by atoms with E-state index in [1.54, 1.807) is 17.7 Å². The largest absolute Gasteiger partial charge is 0.379 e. The number of nitrogens with zero attached hydrogens (tertiary/aromatic N) is 4. The van der Waals surface area contributed by atoms with Gasteiger partial charge in [0.25, 0.3) is 0 Å². The third kappa shape index (κ3) is 4.39. The van der Waals surface area contributed by atoms with E-state index in [0.29, 0.717) is 46.0 Å². The Labute approximate surface area is 222 Å². The molecular weight excluding hydrogens is 529 g/mol. The van der Waals surface area contributed by atoms with Crippen molar-refractivity contribution < 1.29 is 13.5 Å². The van der Waals surface area contributed by atoms with E-state index in [2.05, 4.69) is 28.6 Å². The van der Waals surface area contributed by atoms with Crippen LogP contribution in [-0.2, 0) is 11.3 Å². The molecule has 1 aromatic heterocycles. The third-order valence-electron chi connectivity index (χ3n) is 6.99. The number of likely N-dealkylation sites (N-methyl/N-ethyl adjacent to an activating group) is 1. The molecule has 2 atom stereocenters. The third-order valence-corrected chi connectivity index (χ3v) is 8.81. The summed E-state index contributed by atoms with van der Waals surface area (Å²) in [6, 6.07) is 3.86. The Hall–Kier alpha value is -1.91. The van der Waals surface area contributed by atoms with Crippen molar-refractivity contribution in [3.63, 3.8) is 0 Å². The maximum Gasteiger partial charge on any atom is 0.350 e. The lowest BCUT2D eigenvalue weighted by Gasteiger charge is -2.40. The topological polar surface area (TPSA) is 50.6 Å². The van der Waals surface area contributed by atoms with Gasteiger partial charge in [-0.3, -0.25) is 9.47 Å². The zero-order valence-corrected chi connectivity index (χ0v) is 22.5. The maximum atomic E-state index is 15.1. The summed E-state index contributed by atoms with van der Waals surface area (Å²) in [5.74, 6) is -0.554. The molecule has 5 rings (SSSR count). The lowest BCUT2D eigenvalue weighted by Crippen LogP contribution is -2.52. The van der Waals surface area contributed by atoms with Crippen molar-refractivity contribution >= 4 is 51.7 Å². The summed E-state index contributed by atoms with van der Waals surface area (Å²) in [5, 5.41) is 0.780. The van der Waals surface area contributed by atoms with Gasteiger partial charge in [-0.05, 0) is 25.6 Å². The van der Waals surface area contributed by atoms with E-state index in [4.69, 9.17) is 27.9 Å². The van der Waals surface area contributed by atoms with Gasteiger partial charge >= 0.3 is 5.69 Å². The Morgan fingerprint density at radius 1 is 1.14 bits per heavy atom. The number of thioether (sulfide) groups is 1. The normalized spacial score (nSPS) is 20.7. The summed E-state index contributed by atoms with van der Waals surface area (Å²) < 4.78 is 36.2. The first-order chi connectivity index (χ1) is 17.2. The second kappa shape index (κ2) is 10.1. The first-order valence-electron chi connectivity index (χ1n) is 11.8. The average Bonchev–Trinajstić information content (AvgIpc) is 3.05. The molecule has 0 saturated carbocycles. The first-order valence-corrected chi connectivity index (χ1v) is 13.5. The van der Waals surface area contributed by atoms with E-state index in [9.17, 15) is 9.18 Å². The van der Waals surface area contributed by atoms with Crippen molar-refractivity contribution in [3.8, 4) is 11.1 Å². The summed E-state index contributed by atoms with van der Waals surface area (Å²) in [7, 11) is 1.59. The highest BCUT2D eigenvalue weighted by Crippen LogP contribution is 2.46. The van der Waals surface area contributed by atoms with Crippen molar-refractivity contribution in [2.45, 2.75) is 37.4 Å². The number of ether oxygens (including phenoxy) is 1. The number of piperazine rings is 1. The molecule has 11 heteroatoms. The number of aromatic nitrogens is 2. The molecule has 1 fully saturated rings. The summed E-state index contributed by atoms with van der Waals surface area (Å²) in [4.78, 5) is 23.1. The van der Waals surface area contributed by atoms with E-state index in [1.807, 2.05) is 0 Å². The molecule has 2 aromatic carbocycles. The summed E-state index contributed by atoms with van der Waals surface area (Å²) in [6.45, 7) is 7.91. The Bertz CT molecular complexity index is 1400. The minimum Gasteiger partial charge on any atom is -0.379 e. The molecular formula is C25H26Cl2F2N4O2S. The van der Waals surface area contributed by atoms with Crippen molar-refractivity contribution in [2.75, 3.05) is 43.9 Å². The Morgan fingerprint density at radius 3 is 2.61 bits per heavy atom. The van der Waals surface area contributed by atoms with Crippen LogP contribution in [0.5, 0.6) is 0 Å². The Kier molecular flexibility index (Phi) is 7.22. The van der Waals surface area contributed by atoms with Gasteiger partial charge in [0.15, 0.2) is 0 Å².